The Kier molecular flexibility index (Phi) is 4.13. The molecule has 3 heterocycles. The second-order valence-corrected chi connectivity index (χ2v) is 6.85. The van der Waals surface area contributed by atoms with Gasteiger partial charge in [0.05, 0.1) is 11.1 Å². The van der Waals surface area contributed by atoms with E-state index in [1.807, 2.05) is 6.07 Å². The molecule has 0 bridgehead atoms. The molecule has 148 valence electrons. The fraction of sp³-hybridized carbons (Fsp3) is 0.250. The molecular formula is C20H16F3N5O. The quantitative estimate of drug-likeness (QED) is 0.485. The Morgan fingerprint density at radius 2 is 2.03 bits per heavy atom. The Morgan fingerprint density at radius 1 is 1.28 bits per heavy atom. The van der Waals surface area contributed by atoms with Crippen LogP contribution in [0.5, 0.6) is 0 Å². The number of aromatic amines is 2. The van der Waals surface area contributed by atoms with Crippen LogP contribution in [-0.2, 0) is 12.0 Å². The smallest absolute Gasteiger partial charge is 0.370 e. The standard InChI is InChI=1S/C20H16F3N5O/c1-3-12-6-10(2)16-13(4-5-25-16)15(12)19(29,20(21,22)23)18-27-14-7-11(8-24)9-26-17(14)28-18/h4-7,9,25,29H,3H2,1-2H3,(H,26,27,28). The van der Waals surface area contributed by atoms with Crippen molar-refractivity contribution in [2.24, 2.45) is 0 Å². The molecular weight excluding hydrogens is 383 g/mol. The Labute approximate surface area is 163 Å². The average molecular weight is 399 g/mol. The van der Waals surface area contributed by atoms with E-state index in [0.717, 1.165) is 5.56 Å². The summed E-state index contributed by atoms with van der Waals surface area (Å²) in [4.78, 5) is 13.3. The number of fused-ring (bicyclic) bond motifs is 2. The Hall–Kier alpha value is -3.38. The number of imidazole rings is 1. The third kappa shape index (κ3) is 2.68. The normalized spacial score (nSPS) is 14.2. The van der Waals surface area contributed by atoms with E-state index in [1.54, 1.807) is 19.9 Å². The average Bonchev–Trinajstić information content (AvgIpc) is 3.33. The number of hydrogen-bond acceptors (Lipinski definition) is 4. The van der Waals surface area contributed by atoms with E-state index in [-0.39, 0.29) is 34.1 Å². The van der Waals surface area contributed by atoms with Gasteiger partial charge in [-0.05, 0) is 36.6 Å². The lowest BCUT2D eigenvalue weighted by molar-refractivity contribution is -0.250. The molecule has 1 aromatic carbocycles. The molecule has 3 N–H and O–H groups in total. The Bertz CT molecular complexity index is 1280. The molecule has 29 heavy (non-hydrogen) atoms. The molecule has 0 amide bonds. The summed E-state index contributed by atoms with van der Waals surface area (Å²) in [6.07, 6.45) is -2.03. The number of pyridine rings is 1. The third-order valence-corrected chi connectivity index (χ3v) is 5.08. The number of aryl methyl sites for hydroxylation is 2. The number of aromatic nitrogens is 4. The van der Waals surface area contributed by atoms with Crippen molar-refractivity contribution in [3.63, 3.8) is 0 Å². The van der Waals surface area contributed by atoms with Crippen molar-refractivity contribution < 1.29 is 18.3 Å². The van der Waals surface area contributed by atoms with Gasteiger partial charge in [-0.1, -0.05) is 13.0 Å². The second-order valence-electron chi connectivity index (χ2n) is 6.85. The second kappa shape index (κ2) is 6.32. The minimum absolute atomic E-state index is 0.0165. The van der Waals surface area contributed by atoms with Crippen LogP contribution in [0.3, 0.4) is 0 Å². The van der Waals surface area contributed by atoms with Gasteiger partial charge in [-0.2, -0.15) is 18.4 Å². The summed E-state index contributed by atoms with van der Waals surface area (Å²) in [5.74, 6) is -0.691. The molecule has 4 rings (SSSR count). The number of alkyl halides is 3. The van der Waals surface area contributed by atoms with Crippen molar-refractivity contribution in [1.82, 2.24) is 19.9 Å². The molecule has 9 heteroatoms. The first-order valence-electron chi connectivity index (χ1n) is 8.86. The van der Waals surface area contributed by atoms with E-state index >= 15 is 0 Å². The number of hydrogen-bond donors (Lipinski definition) is 3. The number of halogens is 3. The molecule has 1 unspecified atom stereocenters. The Morgan fingerprint density at radius 3 is 2.69 bits per heavy atom. The van der Waals surface area contributed by atoms with Gasteiger partial charge in [-0.25, -0.2) is 9.97 Å². The van der Waals surface area contributed by atoms with Gasteiger partial charge in [0.15, 0.2) is 11.5 Å². The lowest BCUT2D eigenvalue weighted by atomic mass is 9.83. The van der Waals surface area contributed by atoms with Gasteiger partial charge in [-0.15, -0.1) is 0 Å². The monoisotopic (exact) mass is 399 g/mol. The summed E-state index contributed by atoms with van der Waals surface area (Å²) in [6, 6.07) is 6.37. The molecule has 3 aromatic heterocycles. The molecule has 1 atom stereocenters. The number of nitrogens with zero attached hydrogens (tertiary/aromatic N) is 3. The van der Waals surface area contributed by atoms with E-state index in [4.69, 9.17) is 5.26 Å². The van der Waals surface area contributed by atoms with Gasteiger partial charge < -0.3 is 15.1 Å². The topological polar surface area (TPSA) is 101 Å². The highest BCUT2D eigenvalue weighted by molar-refractivity contribution is 5.88. The van der Waals surface area contributed by atoms with Crippen LogP contribution in [0.2, 0.25) is 0 Å². The zero-order valence-electron chi connectivity index (χ0n) is 15.5. The van der Waals surface area contributed by atoms with Crippen LogP contribution >= 0.6 is 0 Å². The molecule has 0 radical (unpaired) electrons. The van der Waals surface area contributed by atoms with Crippen molar-refractivity contribution in [3.05, 3.63) is 58.7 Å². The van der Waals surface area contributed by atoms with Crippen molar-refractivity contribution >= 4 is 22.1 Å². The summed E-state index contributed by atoms with van der Waals surface area (Å²) in [5.41, 5.74) is -1.72. The summed E-state index contributed by atoms with van der Waals surface area (Å²) in [7, 11) is 0. The number of aliphatic hydroxyl groups is 1. The maximum absolute atomic E-state index is 14.4. The molecule has 0 spiro atoms. The fourth-order valence-electron chi connectivity index (χ4n) is 3.72. The van der Waals surface area contributed by atoms with Crippen LogP contribution in [0.1, 0.15) is 35.0 Å². The lowest BCUT2D eigenvalue weighted by Crippen LogP contribution is -2.45. The van der Waals surface area contributed by atoms with Crippen LogP contribution < -0.4 is 0 Å². The first-order chi connectivity index (χ1) is 13.7. The minimum atomic E-state index is -5.07. The number of rotatable bonds is 3. The third-order valence-electron chi connectivity index (χ3n) is 5.08. The predicted octanol–water partition coefficient (Wildman–Crippen LogP) is 3.98. The van der Waals surface area contributed by atoms with Crippen LogP contribution in [0.4, 0.5) is 13.2 Å². The summed E-state index contributed by atoms with van der Waals surface area (Å²) >= 11 is 0. The van der Waals surface area contributed by atoms with Crippen LogP contribution in [0.25, 0.3) is 22.1 Å². The Balaban J connectivity index is 2.09. The first-order valence-corrected chi connectivity index (χ1v) is 8.86. The highest BCUT2D eigenvalue weighted by Gasteiger charge is 2.60. The molecule has 0 fully saturated rings. The zero-order chi connectivity index (χ0) is 21.0. The first kappa shape index (κ1) is 19.0. The highest BCUT2D eigenvalue weighted by Crippen LogP contribution is 2.47. The molecule has 0 aliphatic heterocycles. The summed E-state index contributed by atoms with van der Waals surface area (Å²) < 4.78 is 43.2. The van der Waals surface area contributed by atoms with Crippen molar-refractivity contribution in [2.45, 2.75) is 32.0 Å². The van der Waals surface area contributed by atoms with Crippen LogP contribution in [0.15, 0.2) is 30.6 Å². The molecule has 6 nitrogen and oxygen atoms in total. The van der Waals surface area contributed by atoms with E-state index in [0.29, 0.717) is 11.1 Å². The highest BCUT2D eigenvalue weighted by atomic mass is 19.4. The maximum Gasteiger partial charge on any atom is 0.428 e. The summed E-state index contributed by atoms with van der Waals surface area (Å²) in [6.45, 7) is 3.52. The van der Waals surface area contributed by atoms with Crippen molar-refractivity contribution in [1.29, 1.82) is 5.26 Å². The minimum Gasteiger partial charge on any atom is -0.370 e. The number of H-pyrrole nitrogens is 2. The van der Waals surface area contributed by atoms with Gasteiger partial charge in [0.25, 0.3) is 0 Å². The molecule has 0 aliphatic rings. The van der Waals surface area contributed by atoms with Gasteiger partial charge in [0.1, 0.15) is 6.07 Å². The molecule has 0 saturated heterocycles. The largest absolute Gasteiger partial charge is 0.428 e. The van der Waals surface area contributed by atoms with E-state index < -0.39 is 17.6 Å². The number of benzene rings is 1. The fourth-order valence-corrected chi connectivity index (χ4v) is 3.72. The van der Waals surface area contributed by atoms with Gasteiger partial charge in [-0.3, -0.25) is 0 Å². The van der Waals surface area contributed by atoms with E-state index in [9.17, 15) is 18.3 Å². The van der Waals surface area contributed by atoms with Crippen LogP contribution in [-0.4, -0.2) is 31.2 Å². The number of nitrogens with one attached hydrogen (secondary N) is 2. The number of nitriles is 1. The maximum atomic E-state index is 14.4. The van der Waals surface area contributed by atoms with Gasteiger partial charge in [0.2, 0.25) is 5.60 Å². The molecule has 4 aromatic rings. The zero-order valence-corrected chi connectivity index (χ0v) is 15.5. The predicted molar refractivity (Wildman–Crippen MR) is 100 cm³/mol. The van der Waals surface area contributed by atoms with E-state index in [1.165, 1.54) is 24.5 Å². The van der Waals surface area contributed by atoms with E-state index in [2.05, 4.69) is 19.9 Å². The van der Waals surface area contributed by atoms with Gasteiger partial charge in [0, 0.05) is 28.9 Å². The van der Waals surface area contributed by atoms with Crippen molar-refractivity contribution in [2.75, 3.05) is 0 Å². The summed E-state index contributed by atoms with van der Waals surface area (Å²) in [5, 5.41) is 20.5. The lowest BCUT2D eigenvalue weighted by Gasteiger charge is -2.31. The van der Waals surface area contributed by atoms with Crippen molar-refractivity contribution in [3.8, 4) is 6.07 Å². The van der Waals surface area contributed by atoms with Gasteiger partial charge >= 0.3 is 6.18 Å². The molecule has 0 saturated carbocycles. The van der Waals surface area contributed by atoms with Crippen LogP contribution in [0, 0.1) is 18.3 Å². The molecule has 0 aliphatic carbocycles. The SMILES string of the molecule is CCc1cc(C)c2[nH]ccc2c1C(O)(c1nc2ncc(C#N)cc2[nH]1)C(F)(F)F.